The SMILES string of the molecule is CC1OCCNCCO1. The van der Waals surface area contributed by atoms with Crippen molar-refractivity contribution in [2.45, 2.75) is 13.2 Å². The number of rotatable bonds is 0. The van der Waals surface area contributed by atoms with Crippen molar-refractivity contribution in [2.24, 2.45) is 0 Å². The zero-order valence-electron chi connectivity index (χ0n) is 5.72. The molecule has 1 N–H and O–H groups in total. The Morgan fingerprint density at radius 1 is 1.22 bits per heavy atom. The Labute approximate surface area is 55.3 Å². The van der Waals surface area contributed by atoms with E-state index in [2.05, 4.69) is 5.32 Å². The molecule has 1 aliphatic heterocycles. The predicted octanol–water partition coefficient (Wildman–Crippen LogP) is -0.0312. The lowest BCUT2D eigenvalue weighted by Gasteiger charge is -2.17. The molecule has 0 unspecified atom stereocenters. The van der Waals surface area contributed by atoms with Gasteiger partial charge in [-0.1, -0.05) is 0 Å². The minimum absolute atomic E-state index is 0.0212. The molecule has 54 valence electrons. The zero-order chi connectivity index (χ0) is 6.53. The quantitative estimate of drug-likeness (QED) is 0.500. The van der Waals surface area contributed by atoms with Crippen LogP contribution < -0.4 is 5.32 Å². The number of hydrogen-bond donors (Lipinski definition) is 1. The molecular weight excluding hydrogens is 118 g/mol. The Morgan fingerprint density at radius 2 is 1.78 bits per heavy atom. The maximum atomic E-state index is 5.20. The molecule has 1 heterocycles. The van der Waals surface area contributed by atoms with Crippen LogP contribution in [0.1, 0.15) is 6.92 Å². The van der Waals surface area contributed by atoms with E-state index in [1.807, 2.05) is 6.92 Å². The van der Waals surface area contributed by atoms with Gasteiger partial charge in [-0.3, -0.25) is 0 Å². The van der Waals surface area contributed by atoms with E-state index in [4.69, 9.17) is 9.47 Å². The van der Waals surface area contributed by atoms with Crippen LogP contribution in [-0.2, 0) is 9.47 Å². The van der Waals surface area contributed by atoms with Gasteiger partial charge in [0.2, 0.25) is 0 Å². The molecular formula is C6H13NO2. The third kappa shape index (κ3) is 2.79. The van der Waals surface area contributed by atoms with Crippen LogP contribution in [0.25, 0.3) is 0 Å². The molecule has 0 radical (unpaired) electrons. The predicted molar refractivity (Wildman–Crippen MR) is 34.2 cm³/mol. The molecule has 1 aliphatic rings. The maximum Gasteiger partial charge on any atom is 0.154 e. The highest BCUT2D eigenvalue weighted by atomic mass is 16.7. The van der Waals surface area contributed by atoms with Gasteiger partial charge < -0.3 is 14.8 Å². The van der Waals surface area contributed by atoms with Crippen LogP contribution in [0.5, 0.6) is 0 Å². The van der Waals surface area contributed by atoms with E-state index in [-0.39, 0.29) is 6.29 Å². The second kappa shape index (κ2) is 3.82. The van der Waals surface area contributed by atoms with Gasteiger partial charge in [-0.15, -0.1) is 0 Å². The highest BCUT2D eigenvalue weighted by molar-refractivity contribution is 4.48. The molecule has 3 nitrogen and oxygen atoms in total. The van der Waals surface area contributed by atoms with Gasteiger partial charge in [0.05, 0.1) is 13.2 Å². The summed E-state index contributed by atoms with van der Waals surface area (Å²) in [6.07, 6.45) is -0.0212. The first-order valence-corrected chi connectivity index (χ1v) is 3.33. The summed E-state index contributed by atoms with van der Waals surface area (Å²) >= 11 is 0. The first-order valence-electron chi connectivity index (χ1n) is 3.33. The van der Waals surface area contributed by atoms with Gasteiger partial charge in [-0.05, 0) is 6.92 Å². The van der Waals surface area contributed by atoms with Crippen molar-refractivity contribution in [1.82, 2.24) is 5.32 Å². The number of hydrogen-bond acceptors (Lipinski definition) is 3. The first-order chi connectivity index (χ1) is 4.39. The normalized spacial score (nSPS) is 25.0. The molecule has 0 aromatic carbocycles. The van der Waals surface area contributed by atoms with Gasteiger partial charge >= 0.3 is 0 Å². The van der Waals surface area contributed by atoms with E-state index in [1.165, 1.54) is 0 Å². The highest BCUT2D eigenvalue weighted by Gasteiger charge is 2.03. The van der Waals surface area contributed by atoms with E-state index in [1.54, 1.807) is 0 Å². The van der Waals surface area contributed by atoms with Gasteiger partial charge in [0.15, 0.2) is 6.29 Å². The fourth-order valence-electron chi connectivity index (χ4n) is 0.767. The monoisotopic (exact) mass is 131 g/mol. The molecule has 0 saturated carbocycles. The van der Waals surface area contributed by atoms with Crippen LogP contribution >= 0.6 is 0 Å². The molecule has 0 aliphatic carbocycles. The molecule has 1 rings (SSSR count). The van der Waals surface area contributed by atoms with Gasteiger partial charge in [-0.2, -0.15) is 0 Å². The van der Waals surface area contributed by atoms with Gasteiger partial charge in [0, 0.05) is 13.1 Å². The van der Waals surface area contributed by atoms with Gasteiger partial charge in [-0.25, -0.2) is 0 Å². The molecule has 9 heavy (non-hydrogen) atoms. The fourth-order valence-corrected chi connectivity index (χ4v) is 0.767. The third-order valence-corrected chi connectivity index (χ3v) is 1.26. The minimum Gasteiger partial charge on any atom is -0.352 e. The van der Waals surface area contributed by atoms with Crippen molar-refractivity contribution in [3.05, 3.63) is 0 Å². The van der Waals surface area contributed by atoms with Crippen molar-refractivity contribution in [2.75, 3.05) is 26.3 Å². The first kappa shape index (κ1) is 6.99. The molecule has 0 atom stereocenters. The summed E-state index contributed by atoms with van der Waals surface area (Å²) in [5.74, 6) is 0. The Balaban J connectivity index is 2.12. The van der Waals surface area contributed by atoms with Crippen molar-refractivity contribution < 1.29 is 9.47 Å². The zero-order valence-corrected chi connectivity index (χ0v) is 5.72. The lowest BCUT2D eigenvalue weighted by atomic mass is 10.5. The molecule has 0 aromatic heterocycles. The van der Waals surface area contributed by atoms with E-state index in [0.717, 1.165) is 26.3 Å². The highest BCUT2D eigenvalue weighted by Crippen LogP contribution is 1.93. The van der Waals surface area contributed by atoms with Crippen molar-refractivity contribution in [3.8, 4) is 0 Å². The molecule has 0 aromatic rings. The third-order valence-electron chi connectivity index (χ3n) is 1.26. The molecule has 3 heteroatoms. The Morgan fingerprint density at radius 3 is 2.33 bits per heavy atom. The minimum atomic E-state index is -0.0212. The Kier molecular flexibility index (Phi) is 2.97. The van der Waals surface area contributed by atoms with E-state index in [0.29, 0.717) is 0 Å². The van der Waals surface area contributed by atoms with Crippen LogP contribution in [0, 0.1) is 0 Å². The van der Waals surface area contributed by atoms with E-state index >= 15 is 0 Å². The lowest BCUT2D eigenvalue weighted by Crippen LogP contribution is -2.31. The Hall–Kier alpha value is -0.120. The maximum absolute atomic E-state index is 5.20. The van der Waals surface area contributed by atoms with Crippen molar-refractivity contribution in [1.29, 1.82) is 0 Å². The molecule has 1 fully saturated rings. The summed E-state index contributed by atoms with van der Waals surface area (Å²) in [6, 6.07) is 0. The summed E-state index contributed by atoms with van der Waals surface area (Å²) in [5, 5.41) is 3.16. The number of nitrogens with one attached hydrogen (secondary N) is 1. The summed E-state index contributed by atoms with van der Waals surface area (Å²) in [4.78, 5) is 0. The van der Waals surface area contributed by atoms with Crippen molar-refractivity contribution >= 4 is 0 Å². The second-order valence-corrected chi connectivity index (χ2v) is 2.06. The van der Waals surface area contributed by atoms with Gasteiger partial charge in [0.25, 0.3) is 0 Å². The average molecular weight is 131 g/mol. The van der Waals surface area contributed by atoms with Crippen LogP contribution in [0.3, 0.4) is 0 Å². The van der Waals surface area contributed by atoms with Crippen molar-refractivity contribution in [3.63, 3.8) is 0 Å². The summed E-state index contributed by atoms with van der Waals surface area (Å²) in [6.45, 7) is 5.30. The molecule has 1 saturated heterocycles. The fraction of sp³-hybridized carbons (Fsp3) is 1.00. The molecule has 0 spiro atoms. The Bertz CT molecular complexity index is 69.5. The van der Waals surface area contributed by atoms with E-state index < -0.39 is 0 Å². The average Bonchev–Trinajstić information content (AvgIpc) is 1.79. The molecule has 0 amide bonds. The standard InChI is InChI=1S/C6H13NO2/c1-6-8-4-2-7-3-5-9-6/h6-7H,2-5H2,1H3. The van der Waals surface area contributed by atoms with Crippen LogP contribution in [0.4, 0.5) is 0 Å². The number of ether oxygens (including phenoxy) is 2. The van der Waals surface area contributed by atoms with Crippen LogP contribution in [0.2, 0.25) is 0 Å². The van der Waals surface area contributed by atoms with Crippen LogP contribution in [-0.4, -0.2) is 32.6 Å². The summed E-state index contributed by atoms with van der Waals surface area (Å²) in [7, 11) is 0. The summed E-state index contributed by atoms with van der Waals surface area (Å²) < 4.78 is 10.4. The largest absolute Gasteiger partial charge is 0.352 e. The van der Waals surface area contributed by atoms with E-state index in [9.17, 15) is 0 Å². The topological polar surface area (TPSA) is 30.5 Å². The van der Waals surface area contributed by atoms with Crippen LogP contribution in [0.15, 0.2) is 0 Å². The second-order valence-electron chi connectivity index (χ2n) is 2.06. The smallest absolute Gasteiger partial charge is 0.154 e. The van der Waals surface area contributed by atoms with Gasteiger partial charge in [0.1, 0.15) is 0 Å². The lowest BCUT2D eigenvalue weighted by molar-refractivity contribution is -0.135. The molecule has 0 bridgehead atoms. The summed E-state index contributed by atoms with van der Waals surface area (Å²) in [5.41, 5.74) is 0.